The van der Waals surface area contributed by atoms with Gasteiger partial charge >= 0.3 is 0 Å². The highest BCUT2D eigenvalue weighted by atomic mass is 19.1. The van der Waals surface area contributed by atoms with Crippen molar-refractivity contribution in [3.05, 3.63) is 70.6 Å². The van der Waals surface area contributed by atoms with E-state index < -0.39 is 47.6 Å². The maximum atomic E-state index is 13.5. The number of methoxy groups -OCH3 is 1. The van der Waals surface area contributed by atoms with E-state index in [1.54, 1.807) is 12.1 Å². The third-order valence-corrected chi connectivity index (χ3v) is 6.94. The molecule has 208 valence electrons. The molecule has 4 rings (SSSR count). The number of rotatable bonds is 10. The number of amides is 2. The molecule has 0 spiro atoms. The summed E-state index contributed by atoms with van der Waals surface area (Å²) >= 11 is 0. The molecule has 2 aromatic rings. The Morgan fingerprint density at radius 3 is 2.46 bits per heavy atom. The molecule has 4 atom stereocenters. The van der Waals surface area contributed by atoms with Crippen LogP contribution in [0.25, 0.3) is 0 Å². The molecule has 0 saturated carbocycles. The predicted molar refractivity (Wildman–Crippen MR) is 136 cm³/mol. The van der Waals surface area contributed by atoms with Gasteiger partial charge < -0.3 is 35.0 Å². The number of nitrogens with one attached hydrogen (secondary N) is 1. The summed E-state index contributed by atoms with van der Waals surface area (Å²) in [7, 11) is 1.42. The number of ether oxygens (including phenoxy) is 2. The Hall–Kier alpha value is -3.80. The second-order valence-electron chi connectivity index (χ2n) is 9.35. The van der Waals surface area contributed by atoms with Crippen molar-refractivity contribution in [3.63, 3.8) is 0 Å². The van der Waals surface area contributed by atoms with Crippen molar-refractivity contribution in [3.8, 4) is 11.5 Å². The third-order valence-electron chi connectivity index (χ3n) is 6.94. The van der Waals surface area contributed by atoms with Gasteiger partial charge in [0, 0.05) is 30.6 Å². The molecule has 2 amide bonds. The van der Waals surface area contributed by atoms with Gasteiger partial charge in [-0.2, -0.15) is 0 Å². The van der Waals surface area contributed by atoms with Crippen LogP contribution in [0.1, 0.15) is 36.0 Å². The van der Waals surface area contributed by atoms with Gasteiger partial charge in [-0.15, -0.1) is 0 Å². The number of Topliss-reactive ketones (excluding diaryl/α,β-unsaturated/α-hetero) is 1. The summed E-state index contributed by atoms with van der Waals surface area (Å²) in [6, 6.07) is 7.45. The van der Waals surface area contributed by atoms with Crippen LogP contribution in [0.3, 0.4) is 0 Å². The average Bonchev–Trinajstić information content (AvgIpc) is 3.34. The number of benzene rings is 2. The summed E-state index contributed by atoms with van der Waals surface area (Å²) < 4.78 is 25.1. The Kier molecular flexibility index (Phi) is 8.63. The number of nitrogens with zero attached hydrogens (tertiary/aromatic N) is 1. The highest BCUT2D eigenvalue weighted by molar-refractivity contribution is 6.36. The smallest absolute Gasteiger partial charge is 0.290 e. The van der Waals surface area contributed by atoms with E-state index in [1.165, 1.54) is 44.4 Å². The zero-order chi connectivity index (χ0) is 28.3. The minimum Gasteiger partial charge on any atom is -0.493 e. The van der Waals surface area contributed by atoms with Crippen molar-refractivity contribution in [1.82, 2.24) is 10.2 Å². The summed E-state index contributed by atoms with van der Waals surface area (Å²) in [5, 5.41) is 33.2. The number of aliphatic hydroxyl groups is 3. The topological polar surface area (TPSA) is 146 Å². The summed E-state index contributed by atoms with van der Waals surface area (Å²) in [5.74, 6) is -2.82. The van der Waals surface area contributed by atoms with E-state index in [0.29, 0.717) is 22.4 Å². The highest BCUT2D eigenvalue weighted by Crippen LogP contribution is 2.51. The van der Waals surface area contributed by atoms with Crippen LogP contribution < -0.4 is 14.8 Å². The van der Waals surface area contributed by atoms with Gasteiger partial charge in [0.25, 0.3) is 5.91 Å². The Morgan fingerprint density at radius 2 is 1.85 bits per heavy atom. The van der Waals surface area contributed by atoms with Gasteiger partial charge in [-0.05, 0) is 41.5 Å². The molecular formula is C28H31FN2O8. The van der Waals surface area contributed by atoms with Crippen molar-refractivity contribution < 1.29 is 43.6 Å². The molecule has 0 unspecified atom stereocenters. The van der Waals surface area contributed by atoms with Gasteiger partial charge in [0.05, 0.1) is 32.3 Å². The van der Waals surface area contributed by atoms with Crippen molar-refractivity contribution in [2.45, 2.75) is 50.7 Å². The summed E-state index contributed by atoms with van der Waals surface area (Å²) in [6.45, 7) is 0.739. The molecule has 1 aliphatic carbocycles. The molecule has 0 radical (unpaired) electrons. The Balaban J connectivity index is 1.83. The third kappa shape index (κ3) is 5.51. The lowest BCUT2D eigenvalue weighted by Gasteiger charge is -2.40. The standard InChI is InChI=1S/C28H31FN2O8/c1-3-21(34)28(37)31(13-15-4-6-17(29)7-5-15)20-12-19(27(36)30-8-9-32)23-18-10-16(14-33)11-22(38-2)25(18)39-26(23)24(20)35/h4-7,10-12,20,23-24,26,32-33,35H,3,8-9,13-14H2,1-2H3,(H,30,36)/t20-,23+,24+,26+/m1/s1. The Bertz CT molecular complexity index is 1280. The van der Waals surface area contributed by atoms with Crippen LogP contribution in [-0.4, -0.2) is 76.3 Å². The molecule has 1 aliphatic heterocycles. The molecule has 39 heavy (non-hydrogen) atoms. The molecule has 0 aromatic heterocycles. The first-order chi connectivity index (χ1) is 18.7. The molecule has 0 bridgehead atoms. The molecule has 4 N–H and O–H groups in total. The molecule has 1 heterocycles. The zero-order valence-corrected chi connectivity index (χ0v) is 21.6. The number of aliphatic hydroxyl groups excluding tert-OH is 3. The number of halogens is 1. The van der Waals surface area contributed by atoms with Gasteiger partial charge in [0.1, 0.15) is 18.0 Å². The van der Waals surface area contributed by atoms with Crippen LogP contribution in [0.5, 0.6) is 11.5 Å². The number of ketones is 1. The number of carbonyl (C=O) groups is 3. The fourth-order valence-electron chi connectivity index (χ4n) is 5.03. The monoisotopic (exact) mass is 542 g/mol. The lowest BCUT2D eigenvalue weighted by Crippen LogP contribution is -2.56. The van der Waals surface area contributed by atoms with E-state index in [-0.39, 0.29) is 44.0 Å². The fourth-order valence-corrected chi connectivity index (χ4v) is 5.03. The maximum absolute atomic E-state index is 13.5. The summed E-state index contributed by atoms with van der Waals surface area (Å²) in [5.41, 5.74) is 1.67. The summed E-state index contributed by atoms with van der Waals surface area (Å²) in [4.78, 5) is 40.3. The van der Waals surface area contributed by atoms with Gasteiger partial charge in [0.15, 0.2) is 11.5 Å². The van der Waals surface area contributed by atoms with E-state index >= 15 is 0 Å². The largest absolute Gasteiger partial charge is 0.493 e. The number of fused-ring (bicyclic) bond motifs is 3. The van der Waals surface area contributed by atoms with Crippen LogP contribution in [0.4, 0.5) is 4.39 Å². The van der Waals surface area contributed by atoms with Crippen LogP contribution in [0.15, 0.2) is 48.0 Å². The van der Waals surface area contributed by atoms with E-state index in [0.717, 1.165) is 4.90 Å². The van der Waals surface area contributed by atoms with Crippen LogP contribution in [-0.2, 0) is 27.5 Å². The summed E-state index contributed by atoms with van der Waals surface area (Å²) in [6.07, 6.45) is -1.08. The molecule has 11 heteroatoms. The quantitative estimate of drug-likeness (QED) is 0.325. The first-order valence-electron chi connectivity index (χ1n) is 12.6. The minimum atomic E-state index is -1.38. The maximum Gasteiger partial charge on any atom is 0.290 e. The first-order valence-corrected chi connectivity index (χ1v) is 12.6. The van der Waals surface area contributed by atoms with Gasteiger partial charge in [-0.1, -0.05) is 19.1 Å². The van der Waals surface area contributed by atoms with Crippen molar-refractivity contribution in [2.24, 2.45) is 0 Å². The van der Waals surface area contributed by atoms with E-state index in [1.807, 2.05) is 0 Å². The van der Waals surface area contributed by atoms with Crippen LogP contribution >= 0.6 is 0 Å². The van der Waals surface area contributed by atoms with E-state index in [9.17, 15) is 34.1 Å². The number of carbonyl (C=O) groups excluding carboxylic acids is 3. The molecule has 0 fully saturated rings. The minimum absolute atomic E-state index is 0.0406. The number of hydrogen-bond acceptors (Lipinski definition) is 8. The van der Waals surface area contributed by atoms with Gasteiger partial charge in [-0.3, -0.25) is 14.4 Å². The molecule has 2 aromatic carbocycles. The van der Waals surface area contributed by atoms with Crippen LogP contribution in [0, 0.1) is 5.82 Å². The lowest BCUT2D eigenvalue weighted by molar-refractivity contribution is -0.148. The van der Waals surface area contributed by atoms with Gasteiger partial charge in [0.2, 0.25) is 11.7 Å². The van der Waals surface area contributed by atoms with Crippen LogP contribution in [0.2, 0.25) is 0 Å². The average molecular weight is 543 g/mol. The normalized spacial score (nSPS) is 21.2. The van der Waals surface area contributed by atoms with Crippen molar-refractivity contribution >= 4 is 17.6 Å². The van der Waals surface area contributed by atoms with Crippen molar-refractivity contribution in [1.29, 1.82) is 0 Å². The van der Waals surface area contributed by atoms with Gasteiger partial charge in [-0.25, -0.2) is 4.39 Å². The van der Waals surface area contributed by atoms with E-state index in [2.05, 4.69) is 5.32 Å². The molecule has 10 nitrogen and oxygen atoms in total. The Morgan fingerprint density at radius 1 is 1.13 bits per heavy atom. The highest BCUT2D eigenvalue weighted by Gasteiger charge is 2.51. The number of hydrogen-bond donors (Lipinski definition) is 4. The second kappa shape index (κ2) is 11.9. The molecule has 0 saturated heterocycles. The first kappa shape index (κ1) is 28.2. The Labute approximate surface area is 224 Å². The zero-order valence-electron chi connectivity index (χ0n) is 21.6. The molecular weight excluding hydrogens is 511 g/mol. The van der Waals surface area contributed by atoms with E-state index in [4.69, 9.17) is 9.47 Å². The SMILES string of the molecule is CCC(=O)C(=O)N(Cc1ccc(F)cc1)[C@@H]1C=C(C(=O)NCCO)[C@@H]2c3cc(CO)cc(OC)c3O[C@@H]2[C@H]1O. The predicted octanol–water partition coefficient (Wildman–Crippen LogP) is 0.957. The molecule has 2 aliphatic rings. The lowest BCUT2D eigenvalue weighted by atomic mass is 9.77. The fraction of sp³-hybridized carbons (Fsp3) is 0.393. The van der Waals surface area contributed by atoms with Crippen molar-refractivity contribution in [2.75, 3.05) is 20.3 Å². The second-order valence-corrected chi connectivity index (χ2v) is 9.35.